The zero-order valence-electron chi connectivity index (χ0n) is 23.2. The van der Waals surface area contributed by atoms with Gasteiger partial charge in [0.2, 0.25) is 0 Å². The van der Waals surface area contributed by atoms with Crippen LogP contribution in [-0.4, -0.2) is 68.4 Å². The standard InChI is InChI=1S/C26H24N4O.2C2HF3O2/c27-25-24-16-22(8-5-20(24)9-13-29-25)19-10-14-30(15-11-19)26(31)21-6-3-18(4-7-21)23-2-1-12-28-17-23;2*3-2(4,5)1(6)7/h1-9,12-13,16-17,19H,10-11,14-15H2,(H2,27,29);2*(H,6,7). The summed E-state index contributed by atoms with van der Waals surface area (Å²) in [6, 6.07) is 20.2. The van der Waals surface area contributed by atoms with E-state index >= 15 is 0 Å². The molecule has 15 heteroatoms. The number of likely N-dealkylation sites (tertiary alicyclic amines) is 1. The number of aliphatic carboxylic acids is 2. The molecule has 0 spiro atoms. The molecule has 5 rings (SSSR count). The summed E-state index contributed by atoms with van der Waals surface area (Å²) in [7, 11) is 0. The van der Waals surface area contributed by atoms with Crippen molar-refractivity contribution in [3.63, 3.8) is 0 Å². The van der Waals surface area contributed by atoms with Crippen molar-refractivity contribution < 1.29 is 50.9 Å². The van der Waals surface area contributed by atoms with Gasteiger partial charge in [0.1, 0.15) is 5.82 Å². The molecule has 1 aliphatic heterocycles. The number of anilines is 1. The van der Waals surface area contributed by atoms with E-state index in [0.717, 1.165) is 53.4 Å². The summed E-state index contributed by atoms with van der Waals surface area (Å²) in [5, 5.41) is 16.4. The predicted octanol–water partition coefficient (Wildman–Crippen LogP) is 6.17. The summed E-state index contributed by atoms with van der Waals surface area (Å²) in [5.41, 5.74) is 10.2. The quantitative estimate of drug-likeness (QED) is 0.227. The first-order valence-corrected chi connectivity index (χ1v) is 13.1. The van der Waals surface area contributed by atoms with E-state index in [1.807, 2.05) is 53.6 Å². The van der Waals surface area contributed by atoms with Crippen LogP contribution in [0.1, 0.15) is 34.7 Å². The smallest absolute Gasteiger partial charge is 0.475 e. The molecule has 0 aliphatic carbocycles. The number of pyridine rings is 2. The molecule has 0 atom stereocenters. The molecule has 2 aromatic carbocycles. The number of fused-ring (bicyclic) bond motifs is 1. The molecule has 9 nitrogen and oxygen atoms in total. The fourth-order valence-corrected chi connectivity index (χ4v) is 4.40. The minimum atomic E-state index is -5.08. The number of carbonyl (C=O) groups is 3. The molecular formula is C30H26F6N4O5. The third-order valence-corrected chi connectivity index (χ3v) is 6.69. The number of nitrogens with zero attached hydrogens (tertiary/aromatic N) is 3. The van der Waals surface area contributed by atoms with Crippen molar-refractivity contribution in [2.75, 3.05) is 18.8 Å². The molecule has 1 saturated heterocycles. The minimum Gasteiger partial charge on any atom is -0.475 e. The normalized spacial score (nSPS) is 13.6. The van der Waals surface area contributed by atoms with Gasteiger partial charge >= 0.3 is 24.3 Å². The number of nitrogen functional groups attached to an aromatic ring is 1. The van der Waals surface area contributed by atoms with Gasteiger partial charge in [-0.05, 0) is 71.2 Å². The summed E-state index contributed by atoms with van der Waals surface area (Å²) in [5.74, 6) is -4.41. The summed E-state index contributed by atoms with van der Waals surface area (Å²) < 4.78 is 63.5. The van der Waals surface area contributed by atoms with Crippen LogP contribution in [0.15, 0.2) is 79.3 Å². The highest BCUT2D eigenvalue weighted by molar-refractivity contribution is 5.95. The predicted molar refractivity (Wildman–Crippen MR) is 151 cm³/mol. The first kappa shape index (κ1) is 34.3. The van der Waals surface area contributed by atoms with Gasteiger partial charge in [0, 0.05) is 42.6 Å². The Morgan fingerprint density at radius 3 is 1.89 bits per heavy atom. The number of aromatic nitrogens is 2. The van der Waals surface area contributed by atoms with Gasteiger partial charge in [0.05, 0.1) is 0 Å². The first-order valence-electron chi connectivity index (χ1n) is 13.1. The first-order chi connectivity index (χ1) is 21.1. The van der Waals surface area contributed by atoms with E-state index in [0.29, 0.717) is 11.7 Å². The number of carbonyl (C=O) groups excluding carboxylic acids is 1. The van der Waals surface area contributed by atoms with Gasteiger partial charge in [0.25, 0.3) is 5.91 Å². The van der Waals surface area contributed by atoms with Crippen LogP contribution in [-0.2, 0) is 9.59 Å². The largest absolute Gasteiger partial charge is 0.490 e. The van der Waals surface area contributed by atoms with Crippen LogP contribution in [0.4, 0.5) is 32.2 Å². The highest BCUT2D eigenvalue weighted by Gasteiger charge is 2.38. The van der Waals surface area contributed by atoms with Crippen molar-refractivity contribution in [3.8, 4) is 11.1 Å². The lowest BCUT2D eigenvalue weighted by atomic mass is 9.88. The molecule has 238 valence electrons. The lowest BCUT2D eigenvalue weighted by Crippen LogP contribution is -2.37. The fraction of sp³-hybridized carbons (Fsp3) is 0.233. The Balaban J connectivity index is 0.000000331. The second-order valence-electron chi connectivity index (χ2n) is 9.67. The number of hydrogen-bond acceptors (Lipinski definition) is 6. The lowest BCUT2D eigenvalue weighted by Gasteiger charge is -2.32. The second kappa shape index (κ2) is 14.5. The van der Waals surface area contributed by atoms with Gasteiger partial charge in [0.15, 0.2) is 0 Å². The molecule has 2 aromatic heterocycles. The number of nitrogens with two attached hydrogens (primary N) is 1. The van der Waals surface area contributed by atoms with E-state index in [9.17, 15) is 31.1 Å². The highest BCUT2D eigenvalue weighted by atomic mass is 19.4. The Morgan fingerprint density at radius 1 is 0.800 bits per heavy atom. The average molecular weight is 637 g/mol. The maximum absolute atomic E-state index is 13.0. The van der Waals surface area contributed by atoms with Crippen molar-refractivity contribution in [3.05, 3.63) is 90.4 Å². The zero-order valence-corrected chi connectivity index (χ0v) is 23.2. The van der Waals surface area contributed by atoms with Crippen LogP contribution < -0.4 is 5.73 Å². The van der Waals surface area contributed by atoms with E-state index in [4.69, 9.17) is 25.5 Å². The van der Waals surface area contributed by atoms with Crippen molar-refractivity contribution in [1.29, 1.82) is 0 Å². The lowest BCUT2D eigenvalue weighted by molar-refractivity contribution is -0.193. The molecule has 0 unspecified atom stereocenters. The Kier molecular flexibility index (Phi) is 11.1. The molecule has 45 heavy (non-hydrogen) atoms. The maximum Gasteiger partial charge on any atom is 0.490 e. The number of piperidine rings is 1. The van der Waals surface area contributed by atoms with Gasteiger partial charge in [-0.3, -0.25) is 9.78 Å². The average Bonchev–Trinajstić information content (AvgIpc) is 3.01. The minimum absolute atomic E-state index is 0.100. The number of carboxylic acids is 2. The Labute approximate surface area is 251 Å². The molecule has 1 fully saturated rings. The van der Waals surface area contributed by atoms with Crippen LogP contribution in [0.5, 0.6) is 0 Å². The summed E-state index contributed by atoms with van der Waals surface area (Å²) in [6.07, 6.45) is -2.94. The number of hydrogen-bond donors (Lipinski definition) is 3. The Hall–Kier alpha value is -5.21. The van der Waals surface area contributed by atoms with Crippen LogP contribution in [0.3, 0.4) is 0 Å². The number of alkyl halides is 6. The van der Waals surface area contributed by atoms with E-state index < -0.39 is 24.3 Å². The van der Waals surface area contributed by atoms with Gasteiger partial charge in [-0.25, -0.2) is 14.6 Å². The monoisotopic (exact) mass is 636 g/mol. The zero-order chi connectivity index (χ0) is 33.4. The van der Waals surface area contributed by atoms with E-state index in [-0.39, 0.29) is 5.91 Å². The summed E-state index contributed by atoms with van der Waals surface area (Å²) >= 11 is 0. The van der Waals surface area contributed by atoms with E-state index in [2.05, 4.69) is 28.2 Å². The van der Waals surface area contributed by atoms with Crippen molar-refractivity contribution in [2.45, 2.75) is 31.1 Å². The third-order valence-electron chi connectivity index (χ3n) is 6.69. The van der Waals surface area contributed by atoms with Gasteiger partial charge in [-0.2, -0.15) is 26.3 Å². The van der Waals surface area contributed by atoms with Crippen molar-refractivity contribution in [1.82, 2.24) is 14.9 Å². The number of carboxylic acid groups (broad SMARTS) is 2. The van der Waals surface area contributed by atoms with Crippen LogP contribution in [0.25, 0.3) is 21.9 Å². The van der Waals surface area contributed by atoms with Gasteiger partial charge in [-0.15, -0.1) is 0 Å². The van der Waals surface area contributed by atoms with Crippen molar-refractivity contribution >= 4 is 34.4 Å². The number of amides is 1. The number of benzene rings is 2. The van der Waals surface area contributed by atoms with Crippen LogP contribution >= 0.6 is 0 Å². The number of halogens is 6. The maximum atomic E-state index is 13.0. The molecule has 1 aliphatic rings. The fourth-order valence-electron chi connectivity index (χ4n) is 4.40. The SMILES string of the molecule is Nc1nccc2ccc(C3CCN(C(=O)c4ccc(-c5cccnc5)cc4)CC3)cc12.O=C(O)C(F)(F)F.O=C(O)C(F)(F)F. The molecule has 0 saturated carbocycles. The number of rotatable bonds is 3. The van der Waals surface area contributed by atoms with E-state index in [1.165, 1.54) is 5.56 Å². The third kappa shape index (κ3) is 9.64. The van der Waals surface area contributed by atoms with Crippen molar-refractivity contribution in [2.24, 2.45) is 0 Å². The highest BCUT2D eigenvalue weighted by Crippen LogP contribution is 2.32. The molecule has 1 amide bonds. The van der Waals surface area contributed by atoms with E-state index in [1.54, 1.807) is 12.4 Å². The topological polar surface area (TPSA) is 147 Å². The molecule has 4 N–H and O–H groups in total. The summed E-state index contributed by atoms with van der Waals surface area (Å²) in [6.45, 7) is 1.52. The second-order valence-corrected chi connectivity index (χ2v) is 9.67. The Bertz CT molecular complexity index is 1600. The Morgan fingerprint density at radius 2 is 1.38 bits per heavy atom. The molecule has 4 aromatic rings. The summed E-state index contributed by atoms with van der Waals surface area (Å²) in [4.78, 5) is 41.1. The molecular weight excluding hydrogens is 610 g/mol. The van der Waals surface area contributed by atoms with Crippen LogP contribution in [0.2, 0.25) is 0 Å². The molecule has 0 radical (unpaired) electrons. The molecule has 3 heterocycles. The molecule has 0 bridgehead atoms. The van der Waals surface area contributed by atoms with Gasteiger partial charge < -0.3 is 20.8 Å². The van der Waals surface area contributed by atoms with Crippen LogP contribution in [0, 0.1) is 0 Å². The van der Waals surface area contributed by atoms with Gasteiger partial charge in [-0.1, -0.05) is 30.3 Å².